The van der Waals surface area contributed by atoms with Gasteiger partial charge in [0, 0.05) is 17.0 Å². The fraction of sp³-hybridized carbons (Fsp3) is 0.625. The van der Waals surface area contributed by atoms with Crippen molar-refractivity contribution in [3.8, 4) is 5.75 Å². The molecule has 0 spiro atoms. The Kier molecular flexibility index (Phi) is 5.59. The zero-order valence-corrected chi connectivity index (χ0v) is 12.8. The molecule has 106 valence electrons. The van der Waals surface area contributed by atoms with E-state index in [0.29, 0.717) is 0 Å². The van der Waals surface area contributed by atoms with Crippen LogP contribution in [0.4, 0.5) is 0 Å². The molecule has 0 saturated heterocycles. The lowest BCUT2D eigenvalue weighted by atomic mass is 10.0. The van der Waals surface area contributed by atoms with Crippen LogP contribution in [0.15, 0.2) is 18.2 Å². The molecule has 0 aromatic heterocycles. The zero-order chi connectivity index (χ0) is 13.7. The Labute approximate surface area is 121 Å². The number of hydrogen-bond donors (Lipinski definition) is 1. The number of rotatable bonds is 6. The highest BCUT2D eigenvalue weighted by atomic mass is 32.2. The fourth-order valence-electron chi connectivity index (χ4n) is 2.72. The molecule has 0 radical (unpaired) electrons. The Balaban J connectivity index is 1.86. The molecule has 1 fully saturated rings. The smallest absolute Gasteiger partial charge is 0.122 e. The maximum atomic E-state index is 6.28. The van der Waals surface area contributed by atoms with Crippen molar-refractivity contribution in [3.05, 3.63) is 29.3 Å². The van der Waals surface area contributed by atoms with Gasteiger partial charge in [0.2, 0.25) is 0 Å². The standard InChI is InChI=1S/C16H25NOS/c1-12-7-8-16(18-2)13(9-12)10-14(17)11-19-15-5-3-4-6-15/h7-9,14-15H,3-6,10-11,17H2,1-2H3. The van der Waals surface area contributed by atoms with Gasteiger partial charge >= 0.3 is 0 Å². The molecule has 2 rings (SSSR count). The fourth-order valence-corrected chi connectivity index (χ4v) is 4.03. The van der Waals surface area contributed by atoms with Crippen molar-refractivity contribution in [2.75, 3.05) is 12.9 Å². The summed E-state index contributed by atoms with van der Waals surface area (Å²) >= 11 is 2.06. The Morgan fingerprint density at radius 2 is 2.11 bits per heavy atom. The Hall–Kier alpha value is -0.670. The predicted molar refractivity (Wildman–Crippen MR) is 84.1 cm³/mol. The number of aryl methyl sites for hydroxylation is 1. The van der Waals surface area contributed by atoms with Gasteiger partial charge in [-0.1, -0.05) is 30.5 Å². The zero-order valence-electron chi connectivity index (χ0n) is 12.0. The minimum absolute atomic E-state index is 0.223. The molecule has 1 saturated carbocycles. The summed E-state index contributed by atoms with van der Waals surface area (Å²) in [5, 5.41) is 0.852. The Morgan fingerprint density at radius 1 is 1.37 bits per heavy atom. The van der Waals surface area contributed by atoms with Crippen molar-refractivity contribution in [3.63, 3.8) is 0 Å². The van der Waals surface area contributed by atoms with Gasteiger partial charge in [-0.3, -0.25) is 0 Å². The monoisotopic (exact) mass is 279 g/mol. The van der Waals surface area contributed by atoms with E-state index >= 15 is 0 Å². The summed E-state index contributed by atoms with van der Waals surface area (Å²) in [5.41, 5.74) is 8.79. The van der Waals surface area contributed by atoms with E-state index in [9.17, 15) is 0 Å². The topological polar surface area (TPSA) is 35.2 Å². The number of benzene rings is 1. The average molecular weight is 279 g/mol. The number of thioether (sulfide) groups is 1. The van der Waals surface area contributed by atoms with E-state index in [4.69, 9.17) is 10.5 Å². The SMILES string of the molecule is COc1ccc(C)cc1CC(N)CSC1CCCC1. The second kappa shape index (κ2) is 7.20. The maximum absolute atomic E-state index is 6.28. The lowest BCUT2D eigenvalue weighted by Crippen LogP contribution is -2.26. The molecule has 3 heteroatoms. The lowest BCUT2D eigenvalue weighted by Gasteiger charge is -2.16. The molecule has 0 bridgehead atoms. The second-order valence-corrected chi connectivity index (χ2v) is 6.85. The van der Waals surface area contributed by atoms with Crippen LogP contribution in [0, 0.1) is 6.92 Å². The van der Waals surface area contributed by atoms with Crippen LogP contribution < -0.4 is 10.5 Å². The molecular weight excluding hydrogens is 254 g/mol. The van der Waals surface area contributed by atoms with E-state index < -0.39 is 0 Å². The molecule has 1 atom stereocenters. The summed E-state index contributed by atoms with van der Waals surface area (Å²) in [6, 6.07) is 6.54. The number of nitrogens with two attached hydrogens (primary N) is 1. The summed E-state index contributed by atoms with van der Waals surface area (Å²) in [6.07, 6.45) is 6.47. The van der Waals surface area contributed by atoms with Crippen LogP contribution in [0.1, 0.15) is 36.8 Å². The van der Waals surface area contributed by atoms with Crippen LogP contribution >= 0.6 is 11.8 Å². The third-order valence-electron chi connectivity index (χ3n) is 3.77. The van der Waals surface area contributed by atoms with Crippen LogP contribution in [-0.4, -0.2) is 24.2 Å². The van der Waals surface area contributed by atoms with E-state index in [0.717, 1.165) is 23.2 Å². The third-order valence-corrected chi connectivity index (χ3v) is 5.33. The molecule has 1 aromatic carbocycles. The molecule has 1 aromatic rings. The van der Waals surface area contributed by atoms with Crippen molar-refractivity contribution in [1.29, 1.82) is 0 Å². The second-order valence-electron chi connectivity index (χ2n) is 5.52. The van der Waals surface area contributed by atoms with Gasteiger partial charge in [0.15, 0.2) is 0 Å². The summed E-state index contributed by atoms with van der Waals surface area (Å²) in [5.74, 6) is 2.02. The molecule has 0 amide bonds. The first kappa shape index (κ1) is 14.7. The summed E-state index contributed by atoms with van der Waals surface area (Å²) in [7, 11) is 1.73. The van der Waals surface area contributed by atoms with Crippen molar-refractivity contribution in [2.45, 2.75) is 50.3 Å². The minimum atomic E-state index is 0.223. The average Bonchev–Trinajstić information content (AvgIpc) is 2.90. The normalized spacial score (nSPS) is 17.6. The van der Waals surface area contributed by atoms with E-state index in [1.807, 2.05) is 6.07 Å². The number of methoxy groups -OCH3 is 1. The first-order valence-electron chi connectivity index (χ1n) is 7.19. The first-order chi connectivity index (χ1) is 9.19. The number of hydrogen-bond acceptors (Lipinski definition) is 3. The van der Waals surface area contributed by atoms with E-state index in [1.54, 1.807) is 7.11 Å². The molecule has 2 N–H and O–H groups in total. The van der Waals surface area contributed by atoms with E-state index in [1.165, 1.54) is 36.8 Å². The van der Waals surface area contributed by atoms with Crippen molar-refractivity contribution in [2.24, 2.45) is 5.73 Å². The van der Waals surface area contributed by atoms with Crippen LogP contribution in [0.5, 0.6) is 5.75 Å². The van der Waals surface area contributed by atoms with Gasteiger partial charge in [0.25, 0.3) is 0 Å². The predicted octanol–water partition coefficient (Wildman–Crippen LogP) is 3.55. The molecular formula is C16H25NOS. The Bertz CT molecular complexity index is 402. The summed E-state index contributed by atoms with van der Waals surface area (Å²) < 4.78 is 5.42. The number of ether oxygens (including phenoxy) is 1. The van der Waals surface area contributed by atoms with Gasteiger partial charge < -0.3 is 10.5 Å². The van der Waals surface area contributed by atoms with Gasteiger partial charge in [-0.2, -0.15) is 11.8 Å². The van der Waals surface area contributed by atoms with Crippen molar-refractivity contribution >= 4 is 11.8 Å². The highest BCUT2D eigenvalue weighted by Crippen LogP contribution is 2.30. The van der Waals surface area contributed by atoms with Gasteiger partial charge in [-0.15, -0.1) is 0 Å². The quantitative estimate of drug-likeness (QED) is 0.865. The van der Waals surface area contributed by atoms with Crippen LogP contribution in [0.3, 0.4) is 0 Å². The third kappa shape index (κ3) is 4.43. The largest absolute Gasteiger partial charge is 0.496 e. The molecule has 0 heterocycles. The highest BCUT2D eigenvalue weighted by molar-refractivity contribution is 7.99. The van der Waals surface area contributed by atoms with Crippen LogP contribution in [0.25, 0.3) is 0 Å². The summed E-state index contributed by atoms with van der Waals surface area (Å²) in [6.45, 7) is 2.11. The van der Waals surface area contributed by atoms with E-state index in [2.05, 4.69) is 30.8 Å². The van der Waals surface area contributed by atoms with Crippen molar-refractivity contribution < 1.29 is 4.74 Å². The maximum Gasteiger partial charge on any atom is 0.122 e. The molecule has 0 aliphatic heterocycles. The first-order valence-corrected chi connectivity index (χ1v) is 8.24. The molecule has 1 unspecified atom stereocenters. The molecule has 2 nitrogen and oxygen atoms in total. The summed E-state index contributed by atoms with van der Waals surface area (Å²) in [4.78, 5) is 0. The minimum Gasteiger partial charge on any atom is -0.496 e. The molecule has 1 aliphatic carbocycles. The Morgan fingerprint density at radius 3 is 2.79 bits per heavy atom. The van der Waals surface area contributed by atoms with Gasteiger partial charge in [0.05, 0.1) is 7.11 Å². The molecule has 19 heavy (non-hydrogen) atoms. The highest BCUT2D eigenvalue weighted by Gasteiger charge is 2.17. The van der Waals surface area contributed by atoms with Gasteiger partial charge in [-0.25, -0.2) is 0 Å². The van der Waals surface area contributed by atoms with Gasteiger partial charge in [-0.05, 0) is 37.8 Å². The molecule has 1 aliphatic rings. The van der Waals surface area contributed by atoms with E-state index in [-0.39, 0.29) is 6.04 Å². The lowest BCUT2D eigenvalue weighted by molar-refractivity contribution is 0.408. The van der Waals surface area contributed by atoms with Gasteiger partial charge in [0.1, 0.15) is 5.75 Å². The van der Waals surface area contributed by atoms with Crippen LogP contribution in [0.2, 0.25) is 0 Å². The van der Waals surface area contributed by atoms with Crippen LogP contribution in [-0.2, 0) is 6.42 Å². The van der Waals surface area contributed by atoms with Crippen molar-refractivity contribution in [1.82, 2.24) is 0 Å².